The van der Waals surface area contributed by atoms with Crippen LogP contribution in [0.4, 0.5) is 0 Å². The number of hydrogen-bond acceptors (Lipinski definition) is 6. The van der Waals surface area contributed by atoms with E-state index in [1.807, 2.05) is 0 Å². The van der Waals surface area contributed by atoms with Crippen LogP contribution in [0.3, 0.4) is 0 Å². The first kappa shape index (κ1) is 19.6. The Kier molecular flexibility index (Phi) is 6.63. The maximum atomic E-state index is 12.3. The summed E-state index contributed by atoms with van der Waals surface area (Å²) < 4.78 is 12.6. The maximum Gasteiger partial charge on any atom is 0.287 e. The second-order valence-corrected chi connectivity index (χ2v) is 7.34. The van der Waals surface area contributed by atoms with Gasteiger partial charge >= 0.3 is 0 Å². The molecule has 1 N–H and O–H groups in total. The van der Waals surface area contributed by atoms with E-state index >= 15 is 0 Å². The first-order valence-corrected chi connectivity index (χ1v) is 9.56. The third-order valence-electron chi connectivity index (χ3n) is 4.80. The molecule has 0 bridgehead atoms. The lowest BCUT2D eigenvalue weighted by molar-refractivity contribution is 0.0913. The summed E-state index contributed by atoms with van der Waals surface area (Å²) in [5.41, 5.74) is 0. The van der Waals surface area contributed by atoms with Crippen molar-refractivity contribution in [1.29, 1.82) is 0 Å². The minimum atomic E-state index is -0.262. The van der Waals surface area contributed by atoms with Gasteiger partial charge in [0.15, 0.2) is 11.6 Å². The van der Waals surface area contributed by atoms with Crippen molar-refractivity contribution in [3.8, 4) is 0 Å². The molecule has 27 heavy (non-hydrogen) atoms. The molecule has 0 atom stereocenters. The summed E-state index contributed by atoms with van der Waals surface area (Å²) in [6.45, 7) is 9.14. The Bertz CT molecular complexity index is 752. The predicted molar refractivity (Wildman–Crippen MR) is 100 cm³/mol. The molecule has 0 fully saturated rings. The number of rotatable bonds is 8. The third kappa shape index (κ3) is 5.17. The average Bonchev–Trinajstić information content (AvgIpc) is 3.21. The summed E-state index contributed by atoms with van der Waals surface area (Å²) in [6.07, 6.45) is 2.09. The minimum Gasteiger partial charge on any atom is -0.453 e. The number of hydrogen-bond donors (Lipinski definition) is 1. The van der Waals surface area contributed by atoms with Gasteiger partial charge in [-0.05, 0) is 31.0 Å². The fourth-order valence-corrected chi connectivity index (χ4v) is 3.19. The lowest BCUT2D eigenvalue weighted by atomic mass is 10.1. The van der Waals surface area contributed by atoms with Crippen molar-refractivity contribution in [1.82, 2.24) is 25.0 Å². The highest BCUT2D eigenvalue weighted by molar-refractivity contribution is 5.91. The Morgan fingerprint density at radius 1 is 1.30 bits per heavy atom. The fraction of sp³-hybridized carbons (Fsp3) is 0.632. The van der Waals surface area contributed by atoms with Gasteiger partial charge in [0.2, 0.25) is 0 Å². The summed E-state index contributed by atoms with van der Waals surface area (Å²) in [6, 6.07) is 3.40. The molecule has 0 radical (unpaired) electrons. The molecule has 1 aliphatic heterocycles. The summed E-state index contributed by atoms with van der Waals surface area (Å²) in [7, 11) is 1.59. The highest BCUT2D eigenvalue weighted by atomic mass is 16.5. The number of carbonyl (C=O) groups excluding carboxylic acids is 1. The molecule has 3 heterocycles. The van der Waals surface area contributed by atoms with Crippen LogP contribution < -0.4 is 5.32 Å². The van der Waals surface area contributed by atoms with Crippen LogP contribution in [0.5, 0.6) is 0 Å². The second-order valence-electron chi connectivity index (χ2n) is 7.34. The summed E-state index contributed by atoms with van der Waals surface area (Å²) in [5.74, 6) is 3.13. The fourth-order valence-electron chi connectivity index (χ4n) is 3.19. The number of nitrogens with one attached hydrogen (secondary N) is 1. The quantitative estimate of drug-likeness (QED) is 0.758. The molecule has 0 saturated carbocycles. The summed E-state index contributed by atoms with van der Waals surface area (Å²) in [5, 5.41) is 11.5. The van der Waals surface area contributed by atoms with E-state index in [4.69, 9.17) is 9.15 Å². The highest BCUT2D eigenvalue weighted by Gasteiger charge is 2.19. The molecule has 1 amide bonds. The molecule has 8 nitrogen and oxygen atoms in total. The first-order valence-electron chi connectivity index (χ1n) is 9.56. The van der Waals surface area contributed by atoms with E-state index in [2.05, 4.69) is 38.8 Å². The second kappa shape index (κ2) is 9.14. The Morgan fingerprint density at radius 2 is 2.15 bits per heavy atom. The van der Waals surface area contributed by atoms with Crippen LogP contribution in [-0.2, 0) is 30.9 Å². The van der Waals surface area contributed by atoms with E-state index in [0.29, 0.717) is 24.8 Å². The lowest BCUT2D eigenvalue weighted by Gasteiger charge is -2.20. The zero-order chi connectivity index (χ0) is 19.2. The Morgan fingerprint density at radius 3 is 2.93 bits per heavy atom. The van der Waals surface area contributed by atoms with Gasteiger partial charge in [0.25, 0.3) is 5.91 Å². The highest BCUT2D eigenvalue weighted by Crippen LogP contribution is 2.12. The average molecular weight is 375 g/mol. The van der Waals surface area contributed by atoms with Crippen LogP contribution in [-0.4, -0.2) is 52.3 Å². The van der Waals surface area contributed by atoms with Crippen molar-refractivity contribution in [2.45, 2.75) is 46.4 Å². The molecule has 3 rings (SSSR count). The number of fused-ring (bicyclic) bond motifs is 1. The van der Waals surface area contributed by atoms with Crippen LogP contribution in [0.15, 0.2) is 16.5 Å². The molecular weight excluding hydrogens is 346 g/mol. The summed E-state index contributed by atoms with van der Waals surface area (Å²) >= 11 is 0. The Balaban J connectivity index is 1.55. The number of methoxy groups -OCH3 is 1. The van der Waals surface area contributed by atoms with E-state index in [1.165, 1.54) is 6.42 Å². The summed E-state index contributed by atoms with van der Waals surface area (Å²) in [4.78, 5) is 14.8. The van der Waals surface area contributed by atoms with Crippen molar-refractivity contribution in [2.24, 2.45) is 5.92 Å². The van der Waals surface area contributed by atoms with Gasteiger partial charge in [-0.3, -0.25) is 4.79 Å². The van der Waals surface area contributed by atoms with E-state index in [-0.39, 0.29) is 11.7 Å². The van der Waals surface area contributed by atoms with Crippen molar-refractivity contribution in [3.63, 3.8) is 0 Å². The standard InChI is InChI=1S/C19H29N5O3/c1-14(2)6-8-23-9-7-17-21-22-18(24(17)11-10-23)12-20-19(25)16-5-4-15(27-16)13-26-3/h4-5,14H,6-13H2,1-3H3,(H,20,25). The lowest BCUT2D eigenvalue weighted by Crippen LogP contribution is -2.29. The van der Waals surface area contributed by atoms with Gasteiger partial charge in [-0.25, -0.2) is 0 Å². The van der Waals surface area contributed by atoms with Crippen LogP contribution in [0.25, 0.3) is 0 Å². The molecule has 2 aromatic rings. The number of amides is 1. The minimum absolute atomic E-state index is 0.262. The maximum absolute atomic E-state index is 12.3. The van der Waals surface area contributed by atoms with Crippen LogP contribution in [0.1, 0.15) is 48.2 Å². The van der Waals surface area contributed by atoms with Crippen LogP contribution in [0, 0.1) is 5.92 Å². The Hall–Kier alpha value is -2.19. The van der Waals surface area contributed by atoms with Gasteiger partial charge in [-0.15, -0.1) is 10.2 Å². The van der Waals surface area contributed by atoms with Crippen LogP contribution >= 0.6 is 0 Å². The molecule has 148 valence electrons. The van der Waals surface area contributed by atoms with E-state index < -0.39 is 0 Å². The topological polar surface area (TPSA) is 85.4 Å². The SMILES string of the molecule is COCc1ccc(C(=O)NCc2nnc3n2CCN(CCC(C)C)CC3)o1. The molecule has 0 spiro atoms. The number of nitrogens with zero attached hydrogens (tertiary/aromatic N) is 4. The Labute approximate surface area is 159 Å². The van der Waals surface area contributed by atoms with E-state index in [0.717, 1.165) is 44.2 Å². The molecule has 1 aliphatic rings. The van der Waals surface area contributed by atoms with Gasteiger partial charge in [0.1, 0.15) is 18.2 Å². The predicted octanol–water partition coefficient (Wildman–Crippen LogP) is 1.85. The molecular formula is C19H29N5O3. The van der Waals surface area contributed by atoms with Crippen molar-refractivity contribution in [3.05, 3.63) is 35.3 Å². The molecule has 2 aromatic heterocycles. The van der Waals surface area contributed by atoms with Crippen molar-refractivity contribution in [2.75, 3.05) is 26.7 Å². The van der Waals surface area contributed by atoms with Crippen molar-refractivity contribution < 1.29 is 13.9 Å². The van der Waals surface area contributed by atoms with E-state index in [9.17, 15) is 4.79 Å². The van der Waals surface area contributed by atoms with Gasteiger partial charge in [0, 0.05) is 33.2 Å². The van der Waals surface area contributed by atoms with Crippen molar-refractivity contribution >= 4 is 5.91 Å². The molecule has 0 saturated heterocycles. The van der Waals surface area contributed by atoms with Gasteiger partial charge in [0.05, 0.1) is 6.54 Å². The zero-order valence-electron chi connectivity index (χ0n) is 16.4. The normalized spacial score (nSPS) is 15.0. The number of ether oxygens (including phenoxy) is 1. The number of furan rings is 1. The van der Waals surface area contributed by atoms with E-state index in [1.54, 1.807) is 19.2 Å². The smallest absolute Gasteiger partial charge is 0.287 e. The molecule has 8 heteroatoms. The number of carbonyl (C=O) groups is 1. The van der Waals surface area contributed by atoms with Gasteiger partial charge < -0.3 is 23.9 Å². The zero-order valence-corrected chi connectivity index (χ0v) is 16.4. The largest absolute Gasteiger partial charge is 0.453 e. The van der Waals surface area contributed by atoms with Crippen LogP contribution in [0.2, 0.25) is 0 Å². The molecule has 0 aromatic carbocycles. The van der Waals surface area contributed by atoms with Gasteiger partial charge in [-0.2, -0.15) is 0 Å². The monoisotopic (exact) mass is 375 g/mol. The third-order valence-corrected chi connectivity index (χ3v) is 4.80. The first-order chi connectivity index (χ1) is 13.1. The molecule has 0 unspecified atom stereocenters. The van der Waals surface area contributed by atoms with Gasteiger partial charge in [-0.1, -0.05) is 13.8 Å². The molecule has 0 aliphatic carbocycles. The number of aromatic nitrogens is 3.